The number of anilines is 1. The number of hydrogen-bond acceptors (Lipinski definition) is 5. The molecule has 1 heterocycles. The predicted molar refractivity (Wildman–Crippen MR) is 62.7 cm³/mol. The molecule has 0 unspecified atom stereocenters. The molecule has 1 saturated heterocycles. The van der Waals surface area contributed by atoms with Crippen molar-refractivity contribution in [3.63, 3.8) is 0 Å². The maximum absolute atomic E-state index is 10.7. The van der Waals surface area contributed by atoms with Crippen molar-refractivity contribution in [2.45, 2.75) is 6.10 Å². The number of hydrogen-bond donors (Lipinski definition) is 0. The maximum Gasteiger partial charge on any atom is 0.311 e. The zero-order valence-electron chi connectivity index (χ0n) is 9.75. The fraction of sp³-hybridized carbons (Fsp3) is 0.455. The van der Waals surface area contributed by atoms with Gasteiger partial charge in [-0.05, 0) is 6.07 Å². The lowest BCUT2D eigenvalue weighted by Crippen LogP contribution is -2.51. The van der Waals surface area contributed by atoms with Gasteiger partial charge in [0.15, 0.2) is 5.75 Å². The number of benzene rings is 1. The standard InChI is InChI=1S/C11H14N2O4/c1-16-9-6-12(7-9)8-3-4-10(13(14)15)11(5-8)17-2/h3-5,9H,6-7H2,1-2H3. The fourth-order valence-corrected chi connectivity index (χ4v) is 1.81. The van der Waals surface area contributed by atoms with Crippen LogP contribution >= 0.6 is 0 Å². The highest BCUT2D eigenvalue weighted by Gasteiger charge is 2.28. The average molecular weight is 238 g/mol. The first-order valence-electron chi connectivity index (χ1n) is 5.26. The van der Waals surface area contributed by atoms with Crippen LogP contribution in [0.3, 0.4) is 0 Å². The molecule has 0 aromatic heterocycles. The summed E-state index contributed by atoms with van der Waals surface area (Å²) in [6.07, 6.45) is 0.246. The summed E-state index contributed by atoms with van der Waals surface area (Å²) >= 11 is 0. The Bertz CT molecular complexity index is 429. The molecule has 0 amide bonds. The normalized spacial score (nSPS) is 15.5. The van der Waals surface area contributed by atoms with Crippen molar-refractivity contribution in [3.05, 3.63) is 28.3 Å². The summed E-state index contributed by atoms with van der Waals surface area (Å²) in [7, 11) is 3.11. The molecule has 0 atom stereocenters. The molecule has 6 nitrogen and oxygen atoms in total. The van der Waals surface area contributed by atoms with Crippen molar-refractivity contribution in [1.29, 1.82) is 0 Å². The van der Waals surface area contributed by atoms with E-state index in [0.29, 0.717) is 0 Å². The number of rotatable bonds is 4. The SMILES string of the molecule is COc1cc(N2CC(OC)C2)ccc1[N+](=O)[O-]. The monoisotopic (exact) mass is 238 g/mol. The Labute approximate surface area is 98.9 Å². The van der Waals surface area contributed by atoms with Crippen LogP contribution in [0.2, 0.25) is 0 Å². The molecule has 0 spiro atoms. The van der Waals surface area contributed by atoms with Crippen LogP contribution in [0, 0.1) is 10.1 Å². The van der Waals surface area contributed by atoms with E-state index in [1.165, 1.54) is 13.2 Å². The fourth-order valence-electron chi connectivity index (χ4n) is 1.81. The van der Waals surface area contributed by atoms with Crippen LogP contribution in [0.15, 0.2) is 18.2 Å². The van der Waals surface area contributed by atoms with Gasteiger partial charge >= 0.3 is 5.69 Å². The lowest BCUT2D eigenvalue weighted by Gasteiger charge is -2.39. The molecule has 1 aromatic rings. The molecule has 1 aliphatic rings. The first-order valence-corrected chi connectivity index (χ1v) is 5.26. The van der Waals surface area contributed by atoms with Gasteiger partial charge in [0.2, 0.25) is 0 Å². The predicted octanol–water partition coefficient (Wildman–Crippen LogP) is 1.44. The Hall–Kier alpha value is -1.82. The smallest absolute Gasteiger partial charge is 0.311 e. The van der Waals surface area contributed by atoms with Crippen LogP contribution in [0.4, 0.5) is 11.4 Å². The minimum Gasteiger partial charge on any atom is -0.490 e. The Morgan fingerprint density at radius 2 is 2.12 bits per heavy atom. The number of nitro groups is 1. The van der Waals surface area contributed by atoms with Gasteiger partial charge in [-0.1, -0.05) is 0 Å². The number of ether oxygens (including phenoxy) is 2. The second-order valence-electron chi connectivity index (χ2n) is 3.88. The zero-order valence-corrected chi connectivity index (χ0v) is 9.75. The third-order valence-electron chi connectivity index (χ3n) is 2.91. The van der Waals surface area contributed by atoms with E-state index in [9.17, 15) is 10.1 Å². The van der Waals surface area contributed by atoms with Gasteiger partial charge in [-0.15, -0.1) is 0 Å². The Kier molecular flexibility index (Phi) is 3.14. The summed E-state index contributed by atoms with van der Waals surface area (Å²) in [6.45, 7) is 1.61. The minimum atomic E-state index is -0.448. The van der Waals surface area contributed by atoms with E-state index in [-0.39, 0.29) is 17.5 Å². The van der Waals surface area contributed by atoms with E-state index in [4.69, 9.17) is 9.47 Å². The van der Waals surface area contributed by atoms with E-state index in [1.54, 1.807) is 19.2 Å². The molecule has 0 saturated carbocycles. The lowest BCUT2D eigenvalue weighted by molar-refractivity contribution is -0.385. The number of nitro benzene ring substituents is 1. The first-order chi connectivity index (χ1) is 8.15. The summed E-state index contributed by atoms with van der Waals surface area (Å²) in [6, 6.07) is 4.88. The van der Waals surface area contributed by atoms with Gasteiger partial charge in [0.05, 0.1) is 18.1 Å². The van der Waals surface area contributed by atoms with Gasteiger partial charge in [-0.2, -0.15) is 0 Å². The summed E-state index contributed by atoms with van der Waals surface area (Å²) in [5.74, 6) is 0.286. The first kappa shape index (κ1) is 11.7. The third-order valence-corrected chi connectivity index (χ3v) is 2.91. The minimum absolute atomic E-state index is 0.0138. The van der Waals surface area contributed by atoms with E-state index in [1.807, 2.05) is 0 Å². The van der Waals surface area contributed by atoms with Crippen molar-refractivity contribution in [3.8, 4) is 5.75 Å². The molecule has 92 valence electrons. The van der Waals surface area contributed by atoms with Gasteiger partial charge in [0.1, 0.15) is 0 Å². The van der Waals surface area contributed by atoms with Crippen molar-refractivity contribution in [2.24, 2.45) is 0 Å². The van der Waals surface area contributed by atoms with Gasteiger partial charge in [-0.25, -0.2) is 0 Å². The van der Waals surface area contributed by atoms with Gasteiger partial charge < -0.3 is 14.4 Å². The molecule has 0 aliphatic carbocycles. The molecule has 0 bridgehead atoms. The second kappa shape index (κ2) is 4.58. The Balaban J connectivity index is 2.18. The van der Waals surface area contributed by atoms with Crippen LogP contribution in [0.5, 0.6) is 5.75 Å². The van der Waals surface area contributed by atoms with E-state index in [0.717, 1.165) is 18.8 Å². The molecule has 1 aliphatic heterocycles. The molecule has 0 radical (unpaired) electrons. The molecular formula is C11H14N2O4. The van der Waals surface area contributed by atoms with E-state index in [2.05, 4.69) is 4.90 Å². The topological polar surface area (TPSA) is 64.8 Å². The molecule has 6 heteroatoms. The van der Waals surface area contributed by atoms with Gasteiger partial charge in [0.25, 0.3) is 0 Å². The maximum atomic E-state index is 10.7. The molecule has 17 heavy (non-hydrogen) atoms. The quantitative estimate of drug-likeness (QED) is 0.586. The molecule has 1 fully saturated rings. The van der Waals surface area contributed by atoms with Crippen LogP contribution < -0.4 is 9.64 Å². The summed E-state index contributed by atoms with van der Waals surface area (Å²) < 4.78 is 10.2. The number of methoxy groups -OCH3 is 2. The van der Waals surface area contributed by atoms with Crippen molar-refractivity contribution < 1.29 is 14.4 Å². The lowest BCUT2D eigenvalue weighted by atomic mass is 10.1. The third kappa shape index (κ3) is 2.16. The van der Waals surface area contributed by atoms with Gasteiger partial charge in [-0.3, -0.25) is 10.1 Å². The van der Waals surface area contributed by atoms with Crippen molar-refractivity contribution in [2.75, 3.05) is 32.2 Å². The van der Waals surface area contributed by atoms with Crippen molar-refractivity contribution >= 4 is 11.4 Å². The van der Waals surface area contributed by atoms with Gasteiger partial charge in [0, 0.05) is 38.0 Å². The van der Waals surface area contributed by atoms with Crippen LogP contribution in [0.25, 0.3) is 0 Å². The highest BCUT2D eigenvalue weighted by atomic mass is 16.6. The molecule has 2 rings (SSSR count). The average Bonchev–Trinajstić information content (AvgIpc) is 2.27. The van der Waals surface area contributed by atoms with E-state index < -0.39 is 4.92 Å². The largest absolute Gasteiger partial charge is 0.490 e. The molecular weight excluding hydrogens is 224 g/mol. The van der Waals surface area contributed by atoms with Crippen LogP contribution in [-0.2, 0) is 4.74 Å². The summed E-state index contributed by atoms with van der Waals surface area (Å²) in [5, 5.41) is 10.7. The molecule has 1 aromatic carbocycles. The highest BCUT2D eigenvalue weighted by Crippen LogP contribution is 2.33. The van der Waals surface area contributed by atoms with Crippen molar-refractivity contribution in [1.82, 2.24) is 0 Å². The van der Waals surface area contributed by atoms with Crippen LogP contribution in [0.1, 0.15) is 0 Å². The van der Waals surface area contributed by atoms with E-state index >= 15 is 0 Å². The highest BCUT2D eigenvalue weighted by molar-refractivity contribution is 5.60. The Morgan fingerprint density at radius 1 is 1.41 bits per heavy atom. The zero-order chi connectivity index (χ0) is 12.4. The number of nitrogens with zero attached hydrogens (tertiary/aromatic N) is 2. The Morgan fingerprint density at radius 3 is 2.65 bits per heavy atom. The molecule has 0 N–H and O–H groups in total. The summed E-state index contributed by atoms with van der Waals surface area (Å²) in [5.41, 5.74) is 0.904. The van der Waals surface area contributed by atoms with Crippen LogP contribution in [-0.4, -0.2) is 38.3 Å². The summed E-state index contributed by atoms with van der Waals surface area (Å²) in [4.78, 5) is 12.4. The second-order valence-corrected chi connectivity index (χ2v) is 3.88.